The van der Waals surface area contributed by atoms with Crippen LogP contribution in [0.3, 0.4) is 0 Å². The molecular weight excluding hydrogens is 260 g/mol. The molecule has 112 valence electrons. The Morgan fingerprint density at radius 2 is 2.10 bits per heavy atom. The van der Waals surface area contributed by atoms with Gasteiger partial charge in [0, 0.05) is 30.2 Å². The summed E-state index contributed by atoms with van der Waals surface area (Å²) in [6.45, 7) is 4.32. The van der Waals surface area contributed by atoms with E-state index in [0.717, 1.165) is 38.8 Å². The summed E-state index contributed by atoms with van der Waals surface area (Å²) in [4.78, 5) is 2.51. The van der Waals surface area contributed by atoms with Gasteiger partial charge in [-0.25, -0.2) is 0 Å². The van der Waals surface area contributed by atoms with Crippen molar-refractivity contribution in [2.45, 2.75) is 44.2 Å². The van der Waals surface area contributed by atoms with Crippen LogP contribution in [0.15, 0.2) is 24.3 Å². The molecule has 3 heterocycles. The number of hydrogen-bond donors (Lipinski definition) is 1. The summed E-state index contributed by atoms with van der Waals surface area (Å²) >= 11 is 0. The molecule has 2 aromatic rings. The molecule has 0 saturated carbocycles. The molecule has 0 radical (unpaired) electrons. The first kappa shape index (κ1) is 13.4. The molecule has 1 N–H and O–H groups in total. The Labute approximate surface area is 126 Å². The van der Waals surface area contributed by atoms with E-state index in [1.54, 1.807) is 0 Å². The Hall–Kier alpha value is -1.32. The molecule has 0 unspecified atom stereocenters. The number of rotatable bonds is 1. The minimum absolute atomic E-state index is 0.164. The Balaban J connectivity index is 1.97. The predicted octanol–water partition coefficient (Wildman–Crippen LogP) is 3.01. The molecule has 21 heavy (non-hydrogen) atoms. The van der Waals surface area contributed by atoms with Crippen molar-refractivity contribution in [2.24, 2.45) is 7.05 Å². The van der Waals surface area contributed by atoms with Crippen LogP contribution in [0.4, 0.5) is 0 Å². The lowest BCUT2D eigenvalue weighted by atomic mass is 9.77. The topological polar surface area (TPSA) is 28.4 Å². The molecular formula is C18H24N2O. The van der Waals surface area contributed by atoms with Crippen LogP contribution >= 0.6 is 0 Å². The van der Waals surface area contributed by atoms with Gasteiger partial charge in [-0.05, 0) is 43.9 Å². The molecule has 2 atom stereocenters. The number of aromatic nitrogens is 1. The SMILES string of the molecule is CC[C@@]1(O)CCCN2CCc3c(n(C)c4ccccc34)[C@H]21. The van der Waals surface area contributed by atoms with Gasteiger partial charge in [0.15, 0.2) is 0 Å². The average molecular weight is 284 g/mol. The fourth-order valence-corrected chi connectivity index (χ4v) is 4.59. The minimum atomic E-state index is -0.574. The summed E-state index contributed by atoms with van der Waals surface area (Å²) in [6, 6.07) is 8.83. The molecule has 1 saturated heterocycles. The van der Waals surface area contributed by atoms with Crippen LogP contribution < -0.4 is 0 Å². The first-order chi connectivity index (χ1) is 10.2. The molecule has 3 heteroatoms. The summed E-state index contributed by atoms with van der Waals surface area (Å²) < 4.78 is 2.33. The maximum absolute atomic E-state index is 11.2. The van der Waals surface area contributed by atoms with Crippen LogP contribution in [-0.2, 0) is 13.5 Å². The first-order valence-electron chi connectivity index (χ1n) is 8.18. The monoisotopic (exact) mass is 284 g/mol. The third-order valence-electron chi connectivity index (χ3n) is 5.71. The lowest BCUT2D eigenvalue weighted by Gasteiger charge is -2.49. The van der Waals surface area contributed by atoms with Crippen molar-refractivity contribution in [1.82, 2.24) is 9.47 Å². The van der Waals surface area contributed by atoms with E-state index in [2.05, 4.69) is 47.7 Å². The largest absolute Gasteiger partial charge is 0.388 e. The van der Waals surface area contributed by atoms with Crippen LogP contribution in [0.5, 0.6) is 0 Å². The van der Waals surface area contributed by atoms with Crippen molar-refractivity contribution < 1.29 is 5.11 Å². The Morgan fingerprint density at radius 3 is 2.90 bits per heavy atom. The summed E-state index contributed by atoms with van der Waals surface area (Å²) in [7, 11) is 2.16. The molecule has 3 nitrogen and oxygen atoms in total. The predicted molar refractivity (Wildman–Crippen MR) is 85.4 cm³/mol. The third kappa shape index (κ3) is 1.74. The summed E-state index contributed by atoms with van der Waals surface area (Å²) in [6.07, 6.45) is 3.97. The van der Waals surface area contributed by atoms with E-state index in [1.807, 2.05) is 0 Å². The number of benzene rings is 1. The molecule has 2 aliphatic heterocycles. The molecule has 1 aromatic carbocycles. The first-order valence-corrected chi connectivity index (χ1v) is 8.18. The van der Waals surface area contributed by atoms with Gasteiger partial charge in [-0.2, -0.15) is 0 Å². The lowest BCUT2D eigenvalue weighted by molar-refractivity contribution is -0.0914. The standard InChI is InChI=1S/C18H24N2O/c1-3-18(21)10-6-11-20-12-9-14-13-7-4-5-8-15(13)19(2)16(14)17(18)20/h4-5,7-8,17,21H,3,6,9-12H2,1-2H3/t17-,18+/m0/s1. The molecule has 4 rings (SSSR count). The van der Waals surface area contributed by atoms with E-state index in [1.165, 1.54) is 22.2 Å². The van der Waals surface area contributed by atoms with Crippen LogP contribution in [0, 0.1) is 0 Å². The quantitative estimate of drug-likeness (QED) is 0.872. The molecule has 1 fully saturated rings. The third-order valence-corrected chi connectivity index (χ3v) is 5.71. The van der Waals surface area contributed by atoms with Gasteiger partial charge in [-0.1, -0.05) is 25.1 Å². The highest BCUT2D eigenvalue weighted by molar-refractivity contribution is 5.86. The summed E-state index contributed by atoms with van der Waals surface area (Å²) in [5.74, 6) is 0. The van der Waals surface area contributed by atoms with Crippen molar-refractivity contribution >= 4 is 10.9 Å². The normalized spacial score (nSPS) is 29.4. The van der Waals surface area contributed by atoms with Crippen LogP contribution in [0.2, 0.25) is 0 Å². The lowest BCUT2D eigenvalue weighted by Crippen LogP contribution is -2.53. The van der Waals surface area contributed by atoms with Gasteiger partial charge in [-0.3, -0.25) is 4.90 Å². The van der Waals surface area contributed by atoms with E-state index in [0.29, 0.717) is 0 Å². The maximum Gasteiger partial charge on any atom is 0.0856 e. The van der Waals surface area contributed by atoms with Crippen LogP contribution in [0.1, 0.15) is 43.5 Å². The Kier molecular flexibility index (Phi) is 2.92. The van der Waals surface area contributed by atoms with E-state index in [9.17, 15) is 5.11 Å². The van der Waals surface area contributed by atoms with Gasteiger partial charge < -0.3 is 9.67 Å². The van der Waals surface area contributed by atoms with Gasteiger partial charge in [0.25, 0.3) is 0 Å². The van der Waals surface area contributed by atoms with E-state index >= 15 is 0 Å². The molecule has 1 aromatic heterocycles. The molecule has 0 bridgehead atoms. The molecule has 2 aliphatic rings. The van der Waals surface area contributed by atoms with Gasteiger partial charge in [0.1, 0.15) is 0 Å². The van der Waals surface area contributed by atoms with E-state index in [4.69, 9.17) is 0 Å². The maximum atomic E-state index is 11.2. The van der Waals surface area contributed by atoms with E-state index < -0.39 is 5.60 Å². The van der Waals surface area contributed by atoms with Gasteiger partial charge in [-0.15, -0.1) is 0 Å². The number of aryl methyl sites for hydroxylation is 1. The van der Waals surface area contributed by atoms with Crippen molar-refractivity contribution in [3.05, 3.63) is 35.5 Å². The average Bonchev–Trinajstić information content (AvgIpc) is 2.81. The fourth-order valence-electron chi connectivity index (χ4n) is 4.59. The van der Waals surface area contributed by atoms with Gasteiger partial charge in [0.05, 0.1) is 11.6 Å². The van der Waals surface area contributed by atoms with Gasteiger partial charge in [0.2, 0.25) is 0 Å². The highest BCUT2D eigenvalue weighted by Crippen LogP contribution is 2.46. The van der Waals surface area contributed by atoms with Crippen LogP contribution in [-0.4, -0.2) is 33.3 Å². The van der Waals surface area contributed by atoms with E-state index in [-0.39, 0.29) is 6.04 Å². The zero-order valence-corrected chi connectivity index (χ0v) is 13.0. The highest BCUT2D eigenvalue weighted by atomic mass is 16.3. The number of nitrogens with zero attached hydrogens (tertiary/aromatic N) is 2. The van der Waals surface area contributed by atoms with Gasteiger partial charge >= 0.3 is 0 Å². The van der Waals surface area contributed by atoms with Crippen molar-refractivity contribution in [1.29, 1.82) is 0 Å². The zero-order chi connectivity index (χ0) is 14.6. The summed E-state index contributed by atoms with van der Waals surface area (Å²) in [5, 5.41) is 12.6. The fraction of sp³-hybridized carbons (Fsp3) is 0.556. The number of para-hydroxylation sites is 1. The molecule has 0 aliphatic carbocycles. The number of fused-ring (bicyclic) bond motifs is 5. The smallest absolute Gasteiger partial charge is 0.0856 e. The summed E-state index contributed by atoms with van der Waals surface area (Å²) in [5.41, 5.74) is 3.54. The highest BCUT2D eigenvalue weighted by Gasteiger charge is 2.47. The minimum Gasteiger partial charge on any atom is -0.388 e. The number of piperidine rings is 1. The second kappa shape index (κ2) is 4.59. The Morgan fingerprint density at radius 1 is 1.29 bits per heavy atom. The molecule has 0 amide bonds. The Bertz CT molecular complexity index is 690. The second-order valence-corrected chi connectivity index (χ2v) is 6.69. The zero-order valence-electron chi connectivity index (χ0n) is 13.0. The number of aliphatic hydroxyl groups is 1. The van der Waals surface area contributed by atoms with Crippen molar-refractivity contribution in [3.8, 4) is 0 Å². The molecule has 0 spiro atoms. The van der Waals surface area contributed by atoms with Crippen molar-refractivity contribution in [2.75, 3.05) is 13.1 Å². The van der Waals surface area contributed by atoms with Crippen molar-refractivity contribution in [3.63, 3.8) is 0 Å². The number of hydrogen-bond acceptors (Lipinski definition) is 2. The second-order valence-electron chi connectivity index (χ2n) is 6.69. The van der Waals surface area contributed by atoms with Crippen LogP contribution in [0.25, 0.3) is 10.9 Å².